The Kier molecular flexibility index (Phi) is 8.61. The van der Waals surface area contributed by atoms with Crippen molar-refractivity contribution in [3.05, 3.63) is 0 Å². The van der Waals surface area contributed by atoms with Gasteiger partial charge in [-0.05, 0) is 13.3 Å². The summed E-state index contributed by atoms with van der Waals surface area (Å²) in [4.78, 5) is 37.4. The lowest BCUT2D eigenvalue weighted by molar-refractivity contribution is -0.155. The second-order valence-electron chi connectivity index (χ2n) is 4.63. The van der Waals surface area contributed by atoms with Crippen molar-refractivity contribution in [2.45, 2.75) is 46.6 Å². The minimum atomic E-state index is -0.882. The summed E-state index contributed by atoms with van der Waals surface area (Å²) in [6, 6.07) is -0.882. The highest BCUT2D eigenvalue weighted by molar-refractivity contribution is 5.93. The van der Waals surface area contributed by atoms with Gasteiger partial charge in [-0.3, -0.25) is 19.4 Å². The molecule has 0 aromatic rings. The zero-order valence-corrected chi connectivity index (χ0v) is 13.6. The second-order valence-corrected chi connectivity index (χ2v) is 4.63. The third-order valence-electron chi connectivity index (χ3n) is 3.27. The summed E-state index contributed by atoms with van der Waals surface area (Å²) in [7, 11) is 1.26. The average molecular weight is 301 g/mol. The first kappa shape index (κ1) is 19.4. The number of carbonyl (C=O) groups excluding carboxylic acids is 3. The van der Waals surface area contributed by atoms with Crippen LogP contribution in [0.2, 0.25) is 0 Å². The first-order valence-corrected chi connectivity index (χ1v) is 7.37. The van der Waals surface area contributed by atoms with Crippen molar-refractivity contribution in [1.29, 1.82) is 0 Å². The molecule has 1 saturated heterocycles. The first-order valence-electron chi connectivity index (χ1n) is 7.37. The molecule has 2 amide bonds. The third-order valence-corrected chi connectivity index (χ3v) is 3.27. The summed E-state index contributed by atoms with van der Waals surface area (Å²) in [6.07, 6.45) is 0.876. The number of methoxy groups -OCH3 is 1. The van der Waals surface area contributed by atoms with Gasteiger partial charge in [-0.25, -0.2) is 5.84 Å². The summed E-state index contributed by atoms with van der Waals surface area (Å²) in [6.45, 7) is 8.07. The predicted molar refractivity (Wildman–Crippen MR) is 78.8 cm³/mol. The van der Waals surface area contributed by atoms with Crippen LogP contribution in [0.3, 0.4) is 0 Å². The molecule has 0 aromatic carbocycles. The number of nitrogens with two attached hydrogens (primary N) is 1. The molecular formula is C14H27N3O4. The highest BCUT2D eigenvalue weighted by atomic mass is 16.5. The molecule has 2 atom stereocenters. The van der Waals surface area contributed by atoms with Crippen molar-refractivity contribution in [1.82, 2.24) is 9.91 Å². The molecule has 1 aliphatic heterocycles. The Hall–Kier alpha value is -1.63. The molecule has 0 spiro atoms. The van der Waals surface area contributed by atoms with Gasteiger partial charge in [0.05, 0.1) is 13.0 Å². The number of hydrazine groups is 1. The zero-order chi connectivity index (χ0) is 16.6. The molecule has 1 rings (SSSR count). The number of hydrogen-bond donors (Lipinski definition) is 1. The number of esters is 1. The van der Waals surface area contributed by atoms with Crippen LogP contribution in [-0.2, 0) is 19.1 Å². The number of ether oxygens (including phenoxy) is 1. The van der Waals surface area contributed by atoms with E-state index in [0.717, 1.165) is 5.01 Å². The van der Waals surface area contributed by atoms with Crippen LogP contribution < -0.4 is 5.84 Å². The van der Waals surface area contributed by atoms with Gasteiger partial charge in [0.15, 0.2) is 0 Å². The monoisotopic (exact) mass is 301 g/mol. The van der Waals surface area contributed by atoms with Crippen LogP contribution in [0.15, 0.2) is 0 Å². The van der Waals surface area contributed by atoms with Gasteiger partial charge in [0.2, 0.25) is 5.91 Å². The predicted octanol–water partition coefficient (Wildman–Crippen LogP) is 0.535. The molecule has 0 radical (unpaired) electrons. The van der Waals surface area contributed by atoms with Crippen LogP contribution in [0.5, 0.6) is 0 Å². The summed E-state index contributed by atoms with van der Waals surface area (Å²) in [5, 5.41) is 1.01. The van der Waals surface area contributed by atoms with Gasteiger partial charge in [-0.2, -0.15) is 0 Å². The number of hydrogen-bond acceptors (Lipinski definition) is 5. The topological polar surface area (TPSA) is 92.9 Å². The lowest BCUT2D eigenvalue weighted by Crippen LogP contribution is -2.54. The van der Waals surface area contributed by atoms with Crippen molar-refractivity contribution in [3.63, 3.8) is 0 Å². The van der Waals surface area contributed by atoms with Crippen molar-refractivity contribution >= 4 is 17.8 Å². The lowest BCUT2D eigenvalue weighted by atomic mass is 9.99. The number of carbonyl (C=O) groups is 3. The molecule has 0 aromatic heterocycles. The molecular weight excluding hydrogens is 274 g/mol. The smallest absolute Gasteiger partial charge is 0.311 e. The standard InChI is InChI=1S/C12H21N3O4.C2H6/c1-4-6-14-9(16)5-7-15(13)11(17)10(14)8(2)12(18)19-3;1-2/h8,10H,4-7,13H2,1-3H3;1-2H3. The quantitative estimate of drug-likeness (QED) is 0.464. The van der Waals surface area contributed by atoms with Gasteiger partial charge in [-0.15, -0.1) is 0 Å². The fourth-order valence-electron chi connectivity index (χ4n) is 2.23. The Morgan fingerprint density at radius 1 is 1.43 bits per heavy atom. The van der Waals surface area contributed by atoms with Crippen LogP contribution in [0.25, 0.3) is 0 Å². The second kappa shape index (κ2) is 9.33. The lowest BCUT2D eigenvalue weighted by Gasteiger charge is -2.32. The van der Waals surface area contributed by atoms with Gasteiger partial charge in [0.1, 0.15) is 6.04 Å². The van der Waals surface area contributed by atoms with E-state index in [2.05, 4.69) is 4.74 Å². The highest BCUT2D eigenvalue weighted by Crippen LogP contribution is 2.19. The van der Waals surface area contributed by atoms with Gasteiger partial charge in [-0.1, -0.05) is 20.8 Å². The summed E-state index contributed by atoms with van der Waals surface area (Å²) in [5.41, 5.74) is 0. The van der Waals surface area contributed by atoms with Crippen LogP contribution in [-0.4, -0.2) is 53.9 Å². The maximum Gasteiger partial charge on any atom is 0.311 e. The Bertz CT molecular complexity index is 373. The molecule has 7 heteroatoms. The van der Waals surface area contributed by atoms with E-state index < -0.39 is 23.8 Å². The Morgan fingerprint density at radius 2 is 2.00 bits per heavy atom. The van der Waals surface area contributed by atoms with Gasteiger partial charge < -0.3 is 9.64 Å². The van der Waals surface area contributed by atoms with Crippen molar-refractivity contribution < 1.29 is 19.1 Å². The van der Waals surface area contributed by atoms with E-state index in [1.54, 1.807) is 6.92 Å². The highest BCUT2D eigenvalue weighted by Gasteiger charge is 2.41. The summed E-state index contributed by atoms with van der Waals surface area (Å²) in [5.74, 6) is 3.77. The fourth-order valence-corrected chi connectivity index (χ4v) is 2.23. The third kappa shape index (κ3) is 4.70. The van der Waals surface area contributed by atoms with Gasteiger partial charge >= 0.3 is 5.97 Å². The van der Waals surface area contributed by atoms with Crippen molar-refractivity contribution in [3.8, 4) is 0 Å². The normalized spacial score (nSPS) is 20.4. The van der Waals surface area contributed by atoms with E-state index >= 15 is 0 Å². The van der Waals surface area contributed by atoms with E-state index in [9.17, 15) is 14.4 Å². The SMILES string of the molecule is CC.CCCN1C(=O)CCN(N)C(=O)C1C(C)C(=O)OC. The molecule has 2 unspecified atom stereocenters. The summed E-state index contributed by atoms with van der Waals surface area (Å²) >= 11 is 0. The molecule has 2 N–H and O–H groups in total. The van der Waals surface area contributed by atoms with Crippen LogP contribution in [0.4, 0.5) is 0 Å². The largest absolute Gasteiger partial charge is 0.469 e. The molecule has 0 bridgehead atoms. The first-order chi connectivity index (χ1) is 9.93. The van der Waals surface area contributed by atoms with E-state index in [-0.39, 0.29) is 18.9 Å². The molecule has 0 aliphatic carbocycles. The zero-order valence-electron chi connectivity index (χ0n) is 13.6. The number of rotatable bonds is 4. The molecule has 1 fully saturated rings. The van der Waals surface area contributed by atoms with Crippen molar-refractivity contribution in [2.24, 2.45) is 11.8 Å². The number of amides is 2. The van der Waals surface area contributed by atoms with E-state index in [0.29, 0.717) is 13.0 Å². The molecule has 7 nitrogen and oxygen atoms in total. The molecule has 21 heavy (non-hydrogen) atoms. The maximum atomic E-state index is 12.2. The molecule has 1 aliphatic rings. The average Bonchev–Trinajstić information content (AvgIpc) is 2.61. The van der Waals surface area contributed by atoms with Gasteiger partial charge in [0, 0.05) is 19.5 Å². The molecule has 0 saturated carbocycles. The van der Waals surface area contributed by atoms with Crippen molar-refractivity contribution in [2.75, 3.05) is 20.2 Å². The Balaban J connectivity index is 0.00000191. The minimum absolute atomic E-state index is 0.163. The van der Waals surface area contributed by atoms with Crippen LogP contribution in [0.1, 0.15) is 40.5 Å². The van der Waals surface area contributed by atoms with E-state index in [1.165, 1.54) is 12.0 Å². The van der Waals surface area contributed by atoms with Crippen LogP contribution >= 0.6 is 0 Å². The molecule has 122 valence electrons. The molecule has 1 heterocycles. The fraction of sp³-hybridized carbons (Fsp3) is 0.786. The maximum absolute atomic E-state index is 12.2. The van der Waals surface area contributed by atoms with E-state index in [1.807, 2.05) is 20.8 Å². The van der Waals surface area contributed by atoms with Gasteiger partial charge in [0.25, 0.3) is 5.91 Å². The van der Waals surface area contributed by atoms with E-state index in [4.69, 9.17) is 5.84 Å². The minimum Gasteiger partial charge on any atom is -0.469 e. The Labute approximate surface area is 126 Å². The number of nitrogens with zero attached hydrogens (tertiary/aromatic N) is 2. The summed E-state index contributed by atoms with van der Waals surface area (Å²) < 4.78 is 4.66. The van der Waals surface area contributed by atoms with Crippen LogP contribution in [0, 0.1) is 5.92 Å². The Morgan fingerprint density at radius 3 is 2.48 bits per heavy atom.